The van der Waals surface area contributed by atoms with Crippen LogP contribution in [0.25, 0.3) is 0 Å². The molecule has 0 atom stereocenters. The molecule has 0 unspecified atom stereocenters. The van der Waals surface area contributed by atoms with Crippen LogP contribution in [-0.4, -0.2) is 18.3 Å². The largest absolute Gasteiger partial charge is 0.486 e. The quantitative estimate of drug-likeness (QED) is 0.781. The third kappa shape index (κ3) is 1.40. The normalized spacial score (nSPS) is 14.2. The predicted molar refractivity (Wildman–Crippen MR) is 48.3 cm³/mol. The van der Waals surface area contributed by atoms with Crippen LogP contribution in [0.5, 0.6) is 11.5 Å². The van der Waals surface area contributed by atoms with Crippen LogP contribution in [0.1, 0.15) is 5.56 Å². The summed E-state index contributed by atoms with van der Waals surface area (Å²) in [5.74, 6) is -0.0577. The van der Waals surface area contributed by atoms with Crippen molar-refractivity contribution in [3.05, 3.63) is 22.5 Å². The van der Waals surface area contributed by atoms with Crippen LogP contribution in [0, 0.1) is 5.82 Å². The summed E-state index contributed by atoms with van der Waals surface area (Å²) < 4.78 is 23.7. The van der Waals surface area contributed by atoms with Gasteiger partial charge in [0.1, 0.15) is 18.2 Å². The van der Waals surface area contributed by atoms with E-state index in [1.165, 1.54) is 6.07 Å². The highest BCUT2D eigenvalue weighted by Crippen LogP contribution is 2.40. The van der Waals surface area contributed by atoms with Gasteiger partial charge in [-0.05, 0) is 6.07 Å². The van der Waals surface area contributed by atoms with Crippen LogP contribution in [0.2, 0.25) is 5.02 Å². The summed E-state index contributed by atoms with van der Waals surface area (Å²) >= 11 is 5.70. The molecule has 0 spiro atoms. The third-order valence-corrected chi connectivity index (χ3v) is 2.30. The minimum absolute atomic E-state index is 0.110. The molecule has 1 aliphatic rings. The van der Waals surface area contributed by atoms with Crippen LogP contribution in [0.4, 0.5) is 4.39 Å². The number of hydrogen-bond donors (Lipinski definition) is 1. The number of ether oxygens (including phenoxy) is 2. The van der Waals surface area contributed by atoms with E-state index in [9.17, 15) is 4.39 Å². The standard InChI is InChI=1S/C9H8ClFO3/c10-7-8(11)5(4-12)3-6-9(7)14-2-1-13-6/h3,12H,1-2,4H2. The zero-order valence-corrected chi connectivity index (χ0v) is 7.97. The lowest BCUT2D eigenvalue weighted by Crippen LogP contribution is -2.16. The first-order chi connectivity index (χ1) is 6.74. The molecule has 0 amide bonds. The first-order valence-corrected chi connectivity index (χ1v) is 4.49. The first kappa shape index (κ1) is 9.55. The number of aliphatic hydroxyl groups is 1. The number of hydrogen-bond acceptors (Lipinski definition) is 3. The molecule has 0 fully saturated rings. The smallest absolute Gasteiger partial charge is 0.182 e. The molecule has 2 rings (SSSR count). The fraction of sp³-hybridized carbons (Fsp3) is 0.333. The van der Waals surface area contributed by atoms with E-state index < -0.39 is 12.4 Å². The average molecular weight is 219 g/mol. The van der Waals surface area contributed by atoms with Crippen molar-refractivity contribution in [3.8, 4) is 11.5 Å². The van der Waals surface area contributed by atoms with Crippen LogP contribution in [0.3, 0.4) is 0 Å². The molecule has 0 saturated carbocycles. The second-order valence-electron chi connectivity index (χ2n) is 2.85. The molecule has 3 nitrogen and oxygen atoms in total. The molecule has 0 bridgehead atoms. The molecule has 76 valence electrons. The summed E-state index contributed by atoms with van der Waals surface area (Å²) in [5.41, 5.74) is 0.110. The fourth-order valence-corrected chi connectivity index (χ4v) is 1.56. The van der Waals surface area contributed by atoms with E-state index in [1.807, 2.05) is 0 Å². The molecule has 14 heavy (non-hydrogen) atoms. The first-order valence-electron chi connectivity index (χ1n) is 4.11. The van der Waals surface area contributed by atoms with Gasteiger partial charge in [0.05, 0.1) is 6.61 Å². The SMILES string of the molecule is OCc1cc2c(c(Cl)c1F)OCCO2. The van der Waals surface area contributed by atoms with Crippen LogP contribution >= 0.6 is 11.6 Å². The predicted octanol–water partition coefficient (Wildman–Crippen LogP) is 1.74. The summed E-state index contributed by atoms with van der Waals surface area (Å²) in [4.78, 5) is 0. The molecule has 1 aromatic carbocycles. The number of aliphatic hydroxyl groups excluding tert-OH is 1. The lowest BCUT2D eigenvalue weighted by atomic mass is 10.2. The molecule has 5 heteroatoms. The van der Waals surface area contributed by atoms with Crippen LogP contribution in [-0.2, 0) is 6.61 Å². The van der Waals surface area contributed by atoms with Gasteiger partial charge >= 0.3 is 0 Å². The average Bonchev–Trinajstić information content (AvgIpc) is 2.23. The highest BCUT2D eigenvalue weighted by Gasteiger charge is 2.21. The maximum atomic E-state index is 13.4. The van der Waals surface area contributed by atoms with E-state index in [2.05, 4.69) is 0 Å². The van der Waals surface area contributed by atoms with Gasteiger partial charge in [0.2, 0.25) is 0 Å². The molecule has 1 aromatic rings. The van der Waals surface area contributed by atoms with E-state index in [1.54, 1.807) is 0 Å². The molecule has 0 aliphatic carbocycles. The molecule has 0 saturated heterocycles. The van der Waals surface area contributed by atoms with Crippen LogP contribution in [0.15, 0.2) is 6.07 Å². The summed E-state index contributed by atoms with van der Waals surface area (Å²) in [6.45, 7) is 0.340. The molecule has 1 N–H and O–H groups in total. The van der Waals surface area contributed by atoms with E-state index in [-0.39, 0.29) is 16.3 Å². The Hall–Kier alpha value is -1.00. The number of halogens is 2. The molecule has 1 heterocycles. The minimum atomic E-state index is -0.654. The zero-order chi connectivity index (χ0) is 10.1. The summed E-state index contributed by atoms with van der Waals surface area (Å²) in [5, 5.41) is 8.72. The zero-order valence-electron chi connectivity index (χ0n) is 7.22. The van der Waals surface area contributed by atoms with Gasteiger partial charge in [-0.3, -0.25) is 0 Å². The van der Waals surface area contributed by atoms with Gasteiger partial charge in [0.25, 0.3) is 0 Å². The summed E-state index contributed by atoms with van der Waals surface area (Å²) in [7, 11) is 0. The Morgan fingerprint density at radius 2 is 2.14 bits per heavy atom. The van der Waals surface area contributed by atoms with E-state index >= 15 is 0 Å². The van der Waals surface area contributed by atoms with Gasteiger partial charge in [-0.1, -0.05) is 11.6 Å². The number of benzene rings is 1. The second-order valence-corrected chi connectivity index (χ2v) is 3.22. The minimum Gasteiger partial charge on any atom is -0.486 e. The van der Waals surface area contributed by atoms with Crippen molar-refractivity contribution in [3.63, 3.8) is 0 Å². The monoisotopic (exact) mass is 218 g/mol. The lowest BCUT2D eigenvalue weighted by Gasteiger charge is -2.20. The summed E-state index contributed by atoms with van der Waals surface area (Å²) in [6, 6.07) is 1.40. The maximum Gasteiger partial charge on any atom is 0.182 e. The van der Waals surface area contributed by atoms with Crippen molar-refractivity contribution in [2.75, 3.05) is 13.2 Å². The Balaban J connectivity index is 2.57. The highest BCUT2D eigenvalue weighted by atomic mass is 35.5. The third-order valence-electron chi connectivity index (χ3n) is 1.96. The molecule has 1 aliphatic heterocycles. The lowest BCUT2D eigenvalue weighted by molar-refractivity contribution is 0.169. The second kappa shape index (κ2) is 3.63. The van der Waals surface area contributed by atoms with E-state index in [4.69, 9.17) is 26.2 Å². The Labute approximate surface area is 85.0 Å². The maximum absolute atomic E-state index is 13.4. The van der Waals surface area contributed by atoms with Crippen molar-refractivity contribution in [2.45, 2.75) is 6.61 Å². The van der Waals surface area contributed by atoms with Gasteiger partial charge < -0.3 is 14.6 Å². The van der Waals surface area contributed by atoms with Crippen molar-refractivity contribution in [1.82, 2.24) is 0 Å². The van der Waals surface area contributed by atoms with Gasteiger partial charge in [-0.15, -0.1) is 0 Å². The number of fused-ring (bicyclic) bond motifs is 1. The Kier molecular flexibility index (Phi) is 2.48. The Morgan fingerprint density at radius 1 is 1.43 bits per heavy atom. The topological polar surface area (TPSA) is 38.7 Å². The number of rotatable bonds is 1. The van der Waals surface area contributed by atoms with Crippen molar-refractivity contribution in [2.24, 2.45) is 0 Å². The van der Waals surface area contributed by atoms with Gasteiger partial charge in [0, 0.05) is 5.56 Å². The highest BCUT2D eigenvalue weighted by molar-refractivity contribution is 6.32. The van der Waals surface area contributed by atoms with Crippen LogP contribution < -0.4 is 9.47 Å². The molecule has 0 aromatic heterocycles. The van der Waals surface area contributed by atoms with Gasteiger partial charge in [-0.25, -0.2) is 4.39 Å². The molecular weight excluding hydrogens is 211 g/mol. The Bertz CT molecular complexity index is 368. The van der Waals surface area contributed by atoms with Crippen molar-refractivity contribution in [1.29, 1.82) is 0 Å². The van der Waals surface area contributed by atoms with Crippen molar-refractivity contribution < 1.29 is 19.0 Å². The fourth-order valence-electron chi connectivity index (χ4n) is 1.29. The van der Waals surface area contributed by atoms with Gasteiger partial charge in [-0.2, -0.15) is 0 Å². The van der Waals surface area contributed by atoms with E-state index in [0.717, 1.165) is 0 Å². The molecular formula is C9H8ClFO3. The summed E-state index contributed by atoms with van der Waals surface area (Å²) in [6.07, 6.45) is 0. The molecule has 0 radical (unpaired) electrons. The Morgan fingerprint density at radius 3 is 2.86 bits per heavy atom. The van der Waals surface area contributed by atoms with E-state index in [0.29, 0.717) is 19.0 Å². The van der Waals surface area contributed by atoms with Crippen molar-refractivity contribution >= 4 is 11.6 Å². The van der Waals surface area contributed by atoms with Gasteiger partial charge in [0.15, 0.2) is 17.3 Å².